The lowest BCUT2D eigenvalue weighted by atomic mass is 10.0. The van der Waals surface area contributed by atoms with E-state index in [-0.39, 0.29) is 6.10 Å². The summed E-state index contributed by atoms with van der Waals surface area (Å²) in [5.41, 5.74) is 2.17. The van der Waals surface area contributed by atoms with Crippen molar-refractivity contribution >= 4 is 0 Å². The zero-order valence-electron chi connectivity index (χ0n) is 10.3. The lowest BCUT2D eigenvalue weighted by molar-refractivity contribution is 0.138. The quantitative estimate of drug-likeness (QED) is 0.831. The van der Waals surface area contributed by atoms with Gasteiger partial charge < -0.3 is 15.1 Å². The van der Waals surface area contributed by atoms with Crippen molar-refractivity contribution in [2.75, 3.05) is 19.6 Å². The number of hydrogen-bond acceptors (Lipinski definition) is 3. The number of hydrogen-bond donors (Lipinski definition) is 2. The van der Waals surface area contributed by atoms with E-state index in [1.807, 2.05) is 31.2 Å². The minimum absolute atomic E-state index is 0.175. The van der Waals surface area contributed by atoms with E-state index >= 15 is 0 Å². The van der Waals surface area contributed by atoms with E-state index in [4.69, 9.17) is 0 Å². The van der Waals surface area contributed by atoms with Gasteiger partial charge in [0.1, 0.15) is 0 Å². The van der Waals surface area contributed by atoms with Crippen molar-refractivity contribution in [2.24, 2.45) is 0 Å². The largest absolute Gasteiger partial charge is 0.392 e. The van der Waals surface area contributed by atoms with Crippen LogP contribution < -0.4 is 0 Å². The van der Waals surface area contributed by atoms with E-state index in [9.17, 15) is 10.2 Å². The number of nitrogens with zero attached hydrogens (tertiary/aromatic N) is 1. The SMILES string of the molecule is Cc1cccc(C(O)CCN2CCC(O)C2)c1. The smallest absolute Gasteiger partial charge is 0.0802 e. The van der Waals surface area contributed by atoms with E-state index in [0.29, 0.717) is 0 Å². The lowest BCUT2D eigenvalue weighted by Crippen LogP contribution is -2.24. The molecule has 1 heterocycles. The molecule has 2 atom stereocenters. The predicted octanol–water partition coefficient (Wildman–Crippen LogP) is 1.49. The van der Waals surface area contributed by atoms with Crippen LogP contribution >= 0.6 is 0 Å². The van der Waals surface area contributed by atoms with Crippen LogP contribution in [-0.2, 0) is 0 Å². The first kappa shape index (κ1) is 12.6. The van der Waals surface area contributed by atoms with Crippen LogP contribution in [0.4, 0.5) is 0 Å². The number of likely N-dealkylation sites (tertiary alicyclic amines) is 1. The Hall–Kier alpha value is -0.900. The molecule has 1 aromatic carbocycles. The normalized spacial score (nSPS) is 22.9. The summed E-state index contributed by atoms with van der Waals surface area (Å²) >= 11 is 0. The van der Waals surface area contributed by atoms with Gasteiger partial charge in [-0.05, 0) is 25.3 Å². The first-order chi connectivity index (χ1) is 8.15. The summed E-state index contributed by atoms with van der Waals surface area (Å²) in [7, 11) is 0. The molecule has 0 aliphatic carbocycles. The van der Waals surface area contributed by atoms with E-state index in [0.717, 1.165) is 38.0 Å². The van der Waals surface area contributed by atoms with Crippen molar-refractivity contribution in [3.05, 3.63) is 35.4 Å². The number of aliphatic hydroxyl groups is 2. The van der Waals surface area contributed by atoms with Gasteiger partial charge in [0.2, 0.25) is 0 Å². The monoisotopic (exact) mass is 235 g/mol. The van der Waals surface area contributed by atoms with Gasteiger partial charge in [-0.1, -0.05) is 29.8 Å². The Labute approximate surface area is 103 Å². The third-order valence-corrected chi connectivity index (χ3v) is 3.39. The maximum Gasteiger partial charge on any atom is 0.0802 e. The number of benzene rings is 1. The second-order valence-electron chi connectivity index (χ2n) is 4.96. The Kier molecular flexibility index (Phi) is 4.15. The number of aryl methyl sites for hydroxylation is 1. The molecule has 2 unspecified atom stereocenters. The highest BCUT2D eigenvalue weighted by atomic mass is 16.3. The van der Waals surface area contributed by atoms with Crippen LogP contribution in [0.1, 0.15) is 30.1 Å². The summed E-state index contributed by atoms with van der Waals surface area (Å²) in [6.07, 6.45) is 1.02. The fraction of sp³-hybridized carbons (Fsp3) is 0.571. The Bertz CT molecular complexity index is 367. The van der Waals surface area contributed by atoms with Crippen molar-refractivity contribution in [2.45, 2.75) is 32.0 Å². The molecule has 0 bridgehead atoms. The molecule has 17 heavy (non-hydrogen) atoms. The van der Waals surface area contributed by atoms with Crippen molar-refractivity contribution in [1.29, 1.82) is 0 Å². The molecule has 2 N–H and O–H groups in total. The molecule has 1 aliphatic rings. The molecule has 0 aromatic heterocycles. The van der Waals surface area contributed by atoms with Crippen LogP contribution in [0, 0.1) is 6.92 Å². The number of β-amino-alcohol motifs (C(OH)–C–C–N with tert-alkyl or cyclic N) is 1. The van der Waals surface area contributed by atoms with Crippen LogP contribution in [0.3, 0.4) is 0 Å². The Balaban J connectivity index is 1.83. The zero-order chi connectivity index (χ0) is 12.3. The Morgan fingerprint density at radius 3 is 2.94 bits per heavy atom. The average molecular weight is 235 g/mol. The Morgan fingerprint density at radius 1 is 1.47 bits per heavy atom. The topological polar surface area (TPSA) is 43.7 Å². The molecular formula is C14H21NO2. The van der Waals surface area contributed by atoms with E-state index < -0.39 is 6.10 Å². The molecular weight excluding hydrogens is 214 g/mol. The lowest BCUT2D eigenvalue weighted by Gasteiger charge is -2.18. The first-order valence-electron chi connectivity index (χ1n) is 6.30. The first-order valence-corrected chi connectivity index (χ1v) is 6.30. The molecule has 1 saturated heterocycles. The summed E-state index contributed by atoms with van der Waals surface area (Å²) in [6, 6.07) is 8.01. The van der Waals surface area contributed by atoms with Gasteiger partial charge >= 0.3 is 0 Å². The van der Waals surface area contributed by atoms with E-state index in [1.165, 1.54) is 5.56 Å². The molecule has 0 saturated carbocycles. The van der Waals surface area contributed by atoms with Crippen LogP contribution in [0.5, 0.6) is 0 Å². The third-order valence-electron chi connectivity index (χ3n) is 3.39. The average Bonchev–Trinajstić information content (AvgIpc) is 2.72. The number of rotatable bonds is 4. The van der Waals surface area contributed by atoms with Crippen LogP contribution in [0.2, 0.25) is 0 Å². The van der Waals surface area contributed by atoms with Gasteiger partial charge in [-0.3, -0.25) is 0 Å². The maximum absolute atomic E-state index is 10.1. The zero-order valence-corrected chi connectivity index (χ0v) is 10.3. The van der Waals surface area contributed by atoms with Crippen molar-refractivity contribution in [3.63, 3.8) is 0 Å². The Morgan fingerprint density at radius 2 is 2.29 bits per heavy atom. The molecule has 0 spiro atoms. The van der Waals surface area contributed by atoms with Gasteiger partial charge in [-0.2, -0.15) is 0 Å². The summed E-state index contributed by atoms with van der Waals surface area (Å²) in [4.78, 5) is 2.21. The molecule has 94 valence electrons. The predicted molar refractivity (Wildman–Crippen MR) is 67.8 cm³/mol. The van der Waals surface area contributed by atoms with Gasteiger partial charge in [-0.15, -0.1) is 0 Å². The second-order valence-corrected chi connectivity index (χ2v) is 4.96. The molecule has 1 aliphatic heterocycles. The summed E-state index contributed by atoms with van der Waals surface area (Å²) in [6.45, 7) is 4.58. The van der Waals surface area contributed by atoms with E-state index in [2.05, 4.69) is 4.90 Å². The molecule has 0 amide bonds. The second kappa shape index (κ2) is 5.63. The van der Waals surface area contributed by atoms with Gasteiger partial charge in [0, 0.05) is 19.6 Å². The summed E-state index contributed by atoms with van der Waals surface area (Å²) < 4.78 is 0. The maximum atomic E-state index is 10.1. The number of aliphatic hydroxyl groups excluding tert-OH is 2. The van der Waals surface area contributed by atoms with Crippen molar-refractivity contribution in [1.82, 2.24) is 4.90 Å². The van der Waals surface area contributed by atoms with Crippen LogP contribution in [-0.4, -0.2) is 40.9 Å². The minimum Gasteiger partial charge on any atom is -0.392 e. The molecule has 3 nitrogen and oxygen atoms in total. The van der Waals surface area contributed by atoms with Crippen LogP contribution in [0.25, 0.3) is 0 Å². The summed E-state index contributed by atoms with van der Waals surface area (Å²) in [5.74, 6) is 0. The summed E-state index contributed by atoms with van der Waals surface area (Å²) in [5, 5.41) is 19.5. The standard InChI is InChI=1S/C14H21NO2/c1-11-3-2-4-12(9-11)14(17)6-8-15-7-5-13(16)10-15/h2-4,9,13-14,16-17H,5-8,10H2,1H3. The van der Waals surface area contributed by atoms with Crippen molar-refractivity contribution in [3.8, 4) is 0 Å². The van der Waals surface area contributed by atoms with Crippen molar-refractivity contribution < 1.29 is 10.2 Å². The van der Waals surface area contributed by atoms with Crippen LogP contribution in [0.15, 0.2) is 24.3 Å². The molecule has 1 aromatic rings. The highest BCUT2D eigenvalue weighted by Gasteiger charge is 2.20. The fourth-order valence-corrected chi connectivity index (χ4v) is 2.36. The van der Waals surface area contributed by atoms with Gasteiger partial charge in [0.05, 0.1) is 12.2 Å². The van der Waals surface area contributed by atoms with E-state index in [1.54, 1.807) is 0 Å². The van der Waals surface area contributed by atoms with Gasteiger partial charge in [0.25, 0.3) is 0 Å². The molecule has 2 rings (SSSR count). The van der Waals surface area contributed by atoms with Gasteiger partial charge in [-0.25, -0.2) is 0 Å². The molecule has 3 heteroatoms. The molecule has 1 fully saturated rings. The fourth-order valence-electron chi connectivity index (χ4n) is 2.36. The molecule has 0 radical (unpaired) electrons. The highest BCUT2D eigenvalue weighted by Crippen LogP contribution is 2.19. The minimum atomic E-state index is -0.396. The third kappa shape index (κ3) is 3.53. The highest BCUT2D eigenvalue weighted by molar-refractivity contribution is 5.23. The van der Waals surface area contributed by atoms with Gasteiger partial charge in [0.15, 0.2) is 0 Å².